The Hall–Kier alpha value is -3.47. The van der Waals surface area contributed by atoms with Crippen molar-refractivity contribution in [2.24, 2.45) is 5.73 Å². The van der Waals surface area contributed by atoms with Gasteiger partial charge in [-0.3, -0.25) is 9.59 Å². The van der Waals surface area contributed by atoms with Gasteiger partial charge < -0.3 is 19.9 Å². The van der Waals surface area contributed by atoms with Crippen LogP contribution in [0.4, 0.5) is 0 Å². The lowest BCUT2D eigenvalue weighted by atomic mass is 10.1. The highest BCUT2D eigenvalue weighted by Gasteiger charge is 2.46. The van der Waals surface area contributed by atoms with E-state index in [1.165, 1.54) is 12.2 Å². The van der Waals surface area contributed by atoms with Crippen molar-refractivity contribution in [1.82, 2.24) is 24.1 Å². The van der Waals surface area contributed by atoms with Gasteiger partial charge in [0.2, 0.25) is 5.60 Å². The Labute approximate surface area is 184 Å². The first-order chi connectivity index (χ1) is 14.8. The number of primary amides is 1. The average molecular weight is 485 g/mol. The van der Waals surface area contributed by atoms with Crippen LogP contribution < -0.4 is 5.73 Å². The summed E-state index contributed by atoms with van der Waals surface area (Å²) in [7, 11) is 0. The molecule has 2 aliphatic rings. The van der Waals surface area contributed by atoms with Crippen molar-refractivity contribution in [1.29, 1.82) is 0 Å². The molecule has 0 fully saturated rings. The molecule has 31 heavy (non-hydrogen) atoms. The summed E-state index contributed by atoms with van der Waals surface area (Å²) < 4.78 is 9.39. The fourth-order valence-electron chi connectivity index (χ4n) is 3.78. The number of carbonyl (C=O) groups excluding carboxylic acids is 3. The second-order valence-electron chi connectivity index (χ2n) is 7.45. The Bertz CT molecular complexity index is 1290. The molecule has 1 aliphatic heterocycles. The normalized spacial score (nSPS) is 18.6. The maximum absolute atomic E-state index is 13.1. The van der Waals surface area contributed by atoms with E-state index in [0.717, 1.165) is 10.2 Å². The largest absolute Gasteiger partial charge is 0.436 e. The Morgan fingerprint density at radius 3 is 2.74 bits per heavy atom. The first kappa shape index (κ1) is 19.5. The number of rotatable bonds is 4. The van der Waals surface area contributed by atoms with E-state index < -0.39 is 17.5 Å². The molecular formula is C20H17BrN6O4. The summed E-state index contributed by atoms with van der Waals surface area (Å²) in [5.74, 6) is -1.59. The van der Waals surface area contributed by atoms with E-state index in [0.29, 0.717) is 30.1 Å². The minimum Gasteiger partial charge on any atom is -0.436 e. The Morgan fingerprint density at radius 2 is 2.03 bits per heavy atom. The Balaban J connectivity index is 1.38. The van der Waals surface area contributed by atoms with Gasteiger partial charge in [-0.05, 0) is 47.1 Å². The van der Waals surface area contributed by atoms with Gasteiger partial charge >= 0.3 is 5.97 Å². The van der Waals surface area contributed by atoms with Gasteiger partial charge in [0, 0.05) is 37.2 Å². The molecule has 0 spiro atoms. The van der Waals surface area contributed by atoms with E-state index in [2.05, 4.69) is 26.0 Å². The molecule has 1 atom stereocenters. The number of esters is 1. The van der Waals surface area contributed by atoms with Gasteiger partial charge in [-0.2, -0.15) is 5.10 Å². The number of aromatic nitrogens is 4. The molecule has 3 aromatic rings. The first-order valence-electron chi connectivity index (χ1n) is 9.54. The molecule has 2 amide bonds. The van der Waals surface area contributed by atoms with Crippen LogP contribution in [0.25, 0.3) is 5.65 Å². The van der Waals surface area contributed by atoms with E-state index >= 15 is 0 Å². The number of nitrogens with zero attached hydrogens (tertiary/aromatic N) is 5. The quantitative estimate of drug-likeness (QED) is 0.441. The highest BCUT2D eigenvalue weighted by molar-refractivity contribution is 9.10. The van der Waals surface area contributed by atoms with E-state index in [1.807, 2.05) is 6.92 Å². The molecule has 4 heterocycles. The minimum atomic E-state index is -1.42. The number of hydrogen-bond donors (Lipinski definition) is 1. The fraction of sp³-hybridized carbons (Fsp3) is 0.250. The molecule has 2 N–H and O–H groups in total. The number of carbonyl (C=O) groups is 3. The molecule has 5 rings (SSSR count). The van der Waals surface area contributed by atoms with Gasteiger partial charge in [0.15, 0.2) is 11.3 Å². The molecule has 1 aliphatic carbocycles. The van der Waals surface area contributed by atoms with Crippen LogP contribution in [-0.2, 0) is 16.1 Å². The number of ether oxygens (including phenoxy) is 1. The summed E-state index contributed by atoms with van der Waals surface area (Å²) in [6, 6.07) is 4.76. The maximum Gasteiger partial charge on any atom is 0.356 e. The smallest absolute Gasteiger partial charge is 0.356 e. The summed E-state index contributed by atoms with van der Waals surface area (Å²) >= 11 is 3.34. The molecule has 11 heteroatoms. The first-order valence-corrected chi connectivity index (χ1v) is 10.3. The van der Waals surface area contributed by atoms with E-state index in [-0.39, 0.29) is 11.9 Å². The molecule has 1 unspecified atom stereocenters. The monoisotopic (exact) mass is 484 g/mol. The lowest BCUT2D eigenvalue weighted by molar-refractivity contribution is -0.127. The molecule has 0 saturated carbocycles. The second kappa shape index (κ2) is 6.77. The maximum atomic E-state index is 13.1. The predicted molar refractivity (Wildman–Crippen MR) is 111 cm³/mol. The molecular weight excluding hydrogens is 468 g/mol. The van der Waals surface area contributed by atoms with Crippen LogP contribution in [0, 0.1) is 0 Å². The zero-order valence-electron chi connectivity index (χ0n) is 16.4. The van der Waals surface area contributed by atoms with Gasteiger partial charge in [0.1, 0.15) is 5.69 Å². The number of nitrogens with two attached hydrogens (primary N) is 1. The Morgan fingerprint density at radius 1 is 1.26 bits per heavy atom. The summed E-state index contributed by atoms with van der Waals surface area (Å²) in [5.41, 5.74) is 5.83. The third-order valence-electron chi connectivity index (χ3n) is 5.56. The predicted octanol–water partition coefficient (Wildman–Crippen LogP) is 1.46. The van der Waals surface area contributed by atoms with Crippen LogP contribution in [0.5, 0.6) is 0 Å². The van der Waals surface area contributed by atoms with Crippen LogP contribution >= 0.6 is 15.9 Å². The zero-order valence-corrected chi connectivity index (χ0v) is 17.9. The van der Waals surface area contributed by atoms with Gasteiger partial charge in [0.05, 0.1) is 10.5 Å². The highest BCUT2D eigenvalue weighted by atomic mass is 79.9. The van der Waals surface area contributed by atoms with E-state index in [4.69, 9.17) is 10.5 Å². The van der Waals surface area contributed by atoms with Crippen LogP contribution in [0.3, 0.4) is 0 Å². The van der Waals surface area contributed by atoms with Gasteiger partial charge in [-0.25, -0.2) is 14.3 Å². The van der Waals surface area contributed by atoms with Crippen molar-refractivity contribution in [2.45, 2.75) is 25.1 Å². The summed E-state index contributed by atoms with van der Waals surface area (Å²) in [6.07, 6.45) is 6.26. The fourth-order valence-corrected chi connectivity index (χ4v) is 4.08. The summed E-state index contributed by atoms with van der Waals surface area (Å²) in [5, 5.41) is 4.34. The van der Waals surface area contributed by atoms with Crippen molar-refractivity contribution in [3.63, 3.8) is 0 Å². The summed E-state index contributed by atoms with van der Waals surface area (Å²) in [6.45, 7) is 2.67. The summed E-state index contributed by atoms with van der Waals surface area (Å²) in [4.78, 5) is 43.2. The lowest BCUT2D eigenvalue weighted by Gasteiger charge is -2.35. The van der Waals surface area contributed by atoms with E-state index in [9.17, 15) is 14.4 Å². The van der Waals surface area contributed by atoms with Crippen LogP contribution in [-0.4, -0.2) is 54.0 Å². The molecule has 158 valence electrons. The number of fused-ring (bicyclic) bond motifs is 2. The topological polar surface area (TPSA) is 125 Å². The molecule has 0 saturated heterocycles. The van der Waals surface area contributed by atoms with E-state index in [1.54, 1.807) is 44.6 Å². The van der Waals surface area contributed by atoms with Crippen LogP contribution in [0.2, 0.25) is 0 Å². The average Bonchev–Trinajstić information content (AvgIpc) is 3.20. The zero-order chi connectivity index (χ0) is 21.9. The Kier molecular flexibility index (Phi) is 4.26. The van der Waals surface area contributed by atoms with Gasteiger partial charge in [0.25, 0.3) is 11.8 Å². The highest BCUT2D eigenvalue weighted by Crippen LogP contribution is 2.32. The van der Waals surface area contributed by atoms with Crippen molar-refractivity contribution in [2.75, 3.05) is 6.54 Å². The van der Waals surface area contributed by atoms with Gasteiger partial charge in [-0.1, -0.05) is 0 Å². The van der Waals surface area contributed by atoms with Gasteiger partial charge in [-0.15, -0.1) is 0 Å². The van der Waals surface area contributed by atoms with Crippen molar-refractivity contribution in [3.05, 3.63) is 64.3 Å². The SMILES string of the molecule is CC1c2ccc(C(=O)OC3(C(N)=O)C=C3)n2CCN1C(=O)c1cc2ncc(Br)cn2n1. The van der Waals surface area contributed by atoms with Crippen LogP contribution in [0.15, 0.2) is 47.2 Å². The molecule has 0 aromatic carbocycles. The molecule has 0 radical (unpaired) electrons. The number of amides is 2. The van der Waals surface area contributed by atoms with Crippen LogP contribution in [0.1, 0.15) is 39.6 Å². The number of halogens is 1. The minimum absolute atomic E-state index is 0.222. The molecule has 0 bridgehead atoms. The second-order valence-corrected chi connectivity index (χ2v) is 8.37. The van der Waals surface area contributed by atoms with Crippen molar-refractivity contribution < 1.29 is 19.1 Å². The lowest BCUT2D eigenvalue weighted by Crippen LogP contribution is -2.42. The standard InChI is InChI=1S/C20H17BrN6O4/c1-11-14-2-3-15(18(29)31-20(4-5-20)19(22)30)26(14)7-6-25(11)17(28)13-8-16-23-9-12(21)10-27(16)24-13/h2-5,8-11H,6-7H2,1H3,(H2,22,30). The van der Waals surface area contributed by atoms with Crippen molar-refractivity contribution >= 4 is 39.4 Å². The van der Waals surface area contributed by atoms with Crippen molar-refractivity contribution in [3.8, 4) is 0 Å². The third-order valence-corrected chi connectivity index (χ3v) is 5.97. The molecule has 10 nitrogen and oxygen atoms in total. The molecule has 3 aromatic heterocycles. The third kappa shape index (κ3) is 3.12. The number of hydrogen-bond acceptors (Lipinski definition) is 6.